The summed E-state index contributed by atoms with van der Waals surface area (Å²) in [6, 6.07) is -0.541. The van der Waals surface area contributed by atoms with E-state index in [2.05, 4.69) is 43.5 Å². The van der Waals surface area contributed by atoms with Crippen molar-refractivity contribution in [1.82, 2.24) is 5.32 Å². The molecule has 75 heavy (non-hydrogen) atoms. The fourth-order valence-electron chi connectivity index (χ4n) is 10.7. The summed E-state index contributed by atoms with van der Waals surface area (Å²) in [4.78, 5) is 24.5. The van der Waals surface area contributed by atoms with Crippen LogP contribution >= 0.6 is 0 Å². The number of ether oxygens (including phenoxy) is 1. The second kappa shape index (κ2) is 64.9. The maximum Gasteiger partial charge on any atom is 0.305 e. The van der Waals surface area contributed by atoms with E-state index in [9.17, 15) is 19.8 Å². The Morgan fingerprint density at radius 1 is 0.360 bits per heavy atom. The lowest BCUT2D eigenvalue weighted by Crippen LogP contribution is -2.45. The fraction of sp³-hybridized carbons (Fsp3) is 0.913. The number of unbranched alkanes of at least 4 members (excludes halogenated alkanes) is 49. The largest absolute Gasteiger partial charge is 0.466 e. The quantitative estimate of drug-likeness (QED) is 0.0320. The van der Waals surface area contributed by atoms with Gasteiger partial charge >= 0.3 is 5.97 Å². The molecule has 0 bridgehead atoms. The Morgan fingerprint density at radius 2 is 0.640 bits per heavy atom. The van der Waals surface area contributed by atoms with Crippen LogP contribution in [0.1, 0.15) is 380 Å². The molecule has 3 N–H and O–H groups in total. The van der Waals surface area contributed by atoms with Gasteiger partial charge in [0.25, 0.3) is 0 Å². The molecule has 0 saturated heterocycles. The number of hydrogen-bond acceptors (Lipinski definition) is 5. The molecule has 0 rings (SSSR count). The van der Waals surface area contributed by atoms with Crippen molar-refractivity contribution in [2.75, 3.05) is 13.2 Å². The number of hydrogen-bond donors (Lipinski definition) is 3. The van der Waals surface area contributed by atoms with Gasteiger partial charge in [-0.3, -0.25) is 9.59 Å². The minimum Gasteiger partial charge on any atom is -0.466 e. The van der Waals surface area contributed by atoms with Gasteiger partial charge in [0.1, 0.15) is 0 Å². The Bertz CT molecular complexity index is 1170. The molecule has 0 fully saturated rings. The van der Waals surface area contributed by atoms with Gasteiger partial charge in [0.15, 0.2) is 0 Å². The van der Waals surface area contributed by atoms with Crippen LogP contribution in [0.15, 0.2) is 24.3 Å². The summed E-state index contributed by atoms with van der Waals surface area (Å²) in [5.74, 6) is -0.0247. The molecule has 6 nitrogen and oxygen atoms in total. The number of rotatable bonds is 64. The van der Waals surface area contributed by atoms with Crippen LogP contribution in [-0.2, 0) is 14.3 Å². The van der Waals surface area contributed by atoms with E-state index in [1.165, 1.54) is 302 Å². The number of nitrogens with one attached hydrogen (secondary N) is 1. The van der Waals surface area contributed by atoms with Crippen molar-refractivity contribution in [1.29, 1.82) is 0 Å². The van der Waals surface area contributed by atoms with Crippen LogP contribution in [0.2, 0.25) is 0 Å². The molecule has 0 aromatic carbocycles. The Kier molecular flexibility index (Phi) is 63.4. The predicted octanol–water partition coefficient (Wildman–Crippen LogP) is 21.8. The van der Waals surface area contributed by atoms with E-state index in [0.29, 0.717) is 25.9 Å². The number of esters is 1. The second-order valence-corrected chi connectivity index (χ2v) is 23.5. The number of allylic oxidation sites excluding steroid dienone is 4. The van der Waals surface area contributed by atoms with Crippen LogP contribution in [-0.4, -0.2) is 47.4 Å². The number of aliphatic hydroxyl groups excluding tert-OH is 2. The molecular weight excluding hydrogens is 923 g/mol. The van der Waals surface area contributed by atoms with Gasteiger partial charge in [-0.2, -0.15) is 0 Å². The summed E-state index contributed by atoms with van der Waals surface area (Å²) >= 11 is 0. The third kappa shape index (κ3) is 61.4. The molecule has 0 radical (unpaired) electrons. The average molecular weight is 1060 g/mol. The Hall–Kier alpha value is -1.66. The van der Waals surface area contributed by atoms with E-state index >= 15 is 0 Å². The molecule has 0 aliphatic rings. The number of amides is 1. The molecular formula is C69H133NO5. The highest BCUT2D eigenvalue weighted by Crippen LogP contribution is 2.18. The van der Waals surface area contributed by atoms with Crippen molar-refractivity contribution in [3.63, 3.8) is 0 Å². The first-order valence-electron chi connectivity index (χ1n) is 34.1. The van der Waals surface area contributed by atoms with Crippen molar-refractivity contribution >= 4 is 11.9 Å². The van der Waals surface area contributed by atoms with Crippen molar-refractivity contribution in [3.05, 3.63) is 24.3 Å². The van der Waals surface area contributed by atoms with Gasteiger partial charge in [-0.05, 0) is 70.6 Å². The Balaban J connectivity index is 3.37. The highest BCUT2D eigenvalue weighted by molar-refractivity contribution is 5.76. The minimum absolute atomic E-state index is 0.00583. The molecule has 0 heterocycles. The van der Waals surface area contributed by atoms with Crippen LogP contribution in [0.5, 0.6) is 0 Å². The van der Waals surface area contributed by atoms with Gasteiger partial charge in [-0.25, -0.2) is 0 Å². The predicted molar refractivity (Wildman–Crippen MR) is 329 cm³/mol. The van der Waals surface area contributed by atoms with E-state index in [-0.39, 0.29) is 18.5 Å². The van der Waals surface area contributed by atoms with Crippen LogP contribution in [0.25, 0.3) is 0 Å². The Labute approximate surface area is 469 Å². The average Bonchev–Trinajstić information content (AvgIpc) is 3.41. The molecule has 6 heteroatoms. The summed E-state index contributed by atoms with van der Waals surface area (Å²) in [5, 5.41) is 23.4. The normalized spacial score (nSPS) is 12.6. The van der Waals surface area contributed by atoms with Gasteiger partial charge in [0, 0.05) is 12.8 Å². The highest BCUT2D eigenvalue weighted by Gasteiger charge is 2.20. The standard InChI is InChI=1S/C69H133NO5/c1-3-5-7-9-11-13-15-16-17-18-32-35-38-42-45-49-53-57-61-67(72)66(65-71)70-68(73)62-58-54-50-46-43-39-36-33-30-28-26-24-22-20-19-21-23-25-27-29-31-34-37-40-44-48-52-56-60-64-75-69(74)63-59-55-51-47-41-14-12-10-8-6-4-2/h10,12,19,21,66-67,71-72H,3-9,11,13-18,20,22-65H2,1-2H3,(H,70,73)/b12-10-,21-19-. The number of carbonyl (C=O) groups excluding carboxylic acids is 2. The first-order valence-corrected chi connectivity index (χ1v) is 34.1. The van der Waals surface area contributed by atoms with Crippen LogP contribution in [0, 0.1) is 0 Å². The van der Waals surface area contributed by atoms with Crippen molar-refractivity contribution in [2.45, 2.75) is 392 Å². The van der Waals surface area contributed by atoms with E-state index in [4.69, 9.17) is 4.74 Å². The molecule has 1 amide bonds. The van der Waals surface area contributed by atoms with E-state index in [1.54, 1.807) is 0 Å². The smallest absolute Gasteiger partial charge is 0.305 e. The maximum absolute atomic E-state index is 12.5. The Morgan fingerprint density at radius 3 is 0.987 bits per heavy atom. The molecule has 0 aliphatic heterocycles. The number of aliphatic hydroxyl groups is 2. The van der Waals surface area contributed by atoms with E-state index in [1.807, 2.05) is 0 Å². The van der Waals surface area contributed by atoms with Gasteiger partial charge in [0.2, 0.25) is 5.91 Å². The highest BCUT2D eigenvalue weighted by atomic mass is 16.5. The lowest BCUT2D eigenvalue weighted by atomic mass is 10.0. The second-order valence-electron chi connectivity index (χ2n) is 23.5. The van der Waals surface area contributed by atoms with Gasteiger partial charge < -0.3 is 20.3 Å². The van der Waals surface area contributed by atoms with Crippen molar-refractivity contribution in [3.8, 4) is 0 Å². The molecule has 0 aromatic rings. The molecule has 0 spiro atoms. The van der Waals surface area contributed by atoms with E-state index in [0.717, 1.165) is 44.9 Å². The number of carbonyl (C=O) groups is 2. The first kappa shape index (κ1) is 73.3. The topological polar surface area (TPSA) is 95.9 Å². The first-order chi connectivity index (χ1) is 37.0. The van der Waals surface area contributed by atoms with Crippen molar-refractivity contribution in [2.24, 2.45) is 0 Å². The summed E-state index contributed by atoms with van der Waals surface area (Å²) in [6.45, 7) is 4.95. The minimum atomic E-state index is -0.664. The summed E-state index contributed by atoms with van der Waals surface area (Å²) < 4.78 is 5.46. The van der Waals surface area contributed by atoms with Gasteiger partial charge in [-0.1, -0.05) is 321 Å². The van der Waals surface area contributed by atoms with Crippen molar-refractivity contribution < 1.29 is 24.5 Å². The lowest BCUT2D eigenvalue weighted by molar-refractivity contribution is -0.143. The molecule has 0 aromatic heterocycles. The zero-order valence-corrected chi connectivity index (χ0v) is 50.8. The van der Waals surface area contributed by atoms with Crippen LogP contribution in [0.3, 0.4) is 0 Å². The third-order valence-electron chi connectivity index (χ3n) is 16.0. The summed E-state index contributed by atoms with van der Waals surface area (Å²) in [5.41, 5.74) is 0. The molecule has 2 unspecified atom stereocenters. The summed E-state index contributed by atoms with van der Waals surface area (Å²) in [6.07, 6.45) is 80.8. The van der Waals surface area contributed by atoms with Crippen LogP contribution < -0.4 is 5.32 Å². The lowest BCUT2D eigenvalue weighted by Gasteiger charge is -2.22. The third-order valence-corrected chi connectivity index (χ3v) is 16.0. The summed E-state index contributed by atoms with van der Waals surface area (Å²) in [7, 11) is 0. The zero-order chi connectivity index (χ0) is 54.3. The molecule has 2 atom stereocenters. The zero-order valence-electron chi connectivity index (χ0n) is 50.8. The monoisotopic (exact) mass is 1060 g/mol. The fourth-order valence-corrected chi connectivity index (χ4v) is 10.7. The maximum atomic E-state index is 12.5. The van der Waals surface area contributed by atoms with Gasteiger partial charge in [-0.15, -0.1) is 0 Å². The van der Waals surface area contributed by atoms with Crippen LogP contribution in [0.4, 0.5) is 0 Å². The molecule has 444 valence electrons. The van der Waals surface area contributed by atoms with Gasteiger partial charge in [0.05, 0.1) is 25.4 Å². The van der Waals surface area contributed by atoms with E-state index < -0.39 is 12.1 Å². The molecule has 0 saturated carbocycles. The molecule has 0 aliphatic carbocycles. The SMILES string of the molecule is CCCC/C=C\CCCCCCCC(=O)OCCCCCCCCCCCCCC/C=C\CCCCCCCCCCCCCCCC(=O)NC(CO)C(O)CCCCCCCCCCCCCCCCCCCC.